The maximum atomic E-state index is 12.2. The van der Waals surface area contributed by atoms with Crippen LogP contribution in [0.4, 0.5) is 5.82 Å². The summed E-state index contributed by atoms with van der Waals surface area (Å²) in [5.74, 6) is 0.423. The van der Waals surface area contributed by atoms with E-state index in [-0.39, 0.29) is 4.90 Å². The van der Waals surface area contributed by atoms with Gasteiger partial charge in [0.05, 0.1) is 0 Å². The fourth-order valence-corrected chi connectivity index (χ4v) is 2.85. The summed E-state index contributed by atoms with van der Waals surface area (Å²) < 4.78 is 27.0. The maximum Gasteiger partial charge on any atom is 0.244 e. The van der Waals surface area contributed by atoms with Crippen molar-refractivity contribution in [3.63, 3.8) is 0 Å². The van der Waals surface area contributed by atoms with Crippen LogP contribution in [0, 0.1) is 0 Å². The van der Waals surface area contributed by atoms with Crippen LogP contribution in [0.2, 0.25) is 0 Å². The minimum Gasteiger partial charge on any atom is -0.369 e. The second-order valence-electron chi connectivity index (χ2n) is 4.38. The second kappa shape index (κ2) is 8.12. The molecule has 0 spiro atoms. The van der Waals surface area contributed by atoms with Crippen LogP contribution in [0.25, 0.3) is 0 Å². The molecular weight excluding hydrogens is 262 g/mol. The molecule has 0 saturated carbocycles. The summed E-state index contributed by atoms with van der Waals surface area (Å²) in [6, 6.07) is 3.21. The molecule has 0 radical (unpaired) electrons. The Morgan fingerprint density at radius 2 is 1.95 bits per heavy atom. The van der Waals surface area contributed by atoms with Crippen molar-refractivity contribution >= 4 is 15.8 Å². The van der Waals surface area contributed by atoms with E-state index in [0.717, 1.165) is 25.7 Å². The molecule has 19 heavy (non-hydrogen) atoms. The molecule has 0 bridgehead atoms. The van der Waals surface area contributed by atoms with Crippen LogP contribution < -0.4 is 10.0 Å². The number of anilines is 1. The molecule has 108 valence electrons. The fourth-order valence-electron chi connectivity index (χ4n) is 1.64. The Kier molecular flexibility index (Phi) is 6.80. The summed E-state index contributed by atoms with van der Waals surface area (Å²) in [5.41, 5.74) is 0. The smallest absolute Gasteiger partial charge is 0.244 e. The van der Waals surface area contributed by atoms with Gasteiger partial charge in [0.25, 0.3) is 0 Å². The van der Waals surface area contributed by atoms with Crippen molar-refractivity contribution in [3.05, 3.63) is 18.3 Å². The lowest BCUT2D eigenvalue weighted by atomic mass is 10.3. The molecule has 0 aliphatic rings. The van der Waals surface area contributed by atoms with Crippen molar-refractivity contribution in [2.45, 2.75) is 44.4 Å². The van der Waals surface area contributed by atoms with E-state index >= 15 is 0 Å². The van der Waals surface area contributed by atoms with E-state index < -0.39 is 10.0 Å². The Morgan fingerprint density at radius 1 is 1.16 bits per heavy atom. The number of nitrogens with zero attached hydrogens (tertiary/aromatic N) is 1. The molecule has 0 atom stereocenters. The molecular formula is C13H23N3O2S. The second-order valence-corrected chi connectivity index (χ2v) is 6.12. The fraction of sp³-hybridized carbons (Fsp3) is 0.615. The van der Waals surface area contributed by atoms with Gasteiger partial charge < -0.3 is 5.32 Å². The standard InChI is InChI=1S/C13H23N3O2S/c1-3-5-6-11-16-19(17,18)12-8-7-10-15-13(12)14-9-4-2/h7-8,10,16H,3-6,9,11H2,1-2H3,(H,14,15). The van der Waals surface area contributed by atoms with Gasteiger partial charge in [0.15, 0.2) is 0 Å². The van der Waals surface area contributed by atoms with Gasteiger partial charge in [0.1, 0.15) is 10.7 Å². The van der Waals surface area contributed by atoms with Gasteiger partial charge in [0.2, 0.25) is 10.0 Å². The normalized spacial score (nSPS) is 11.5. The SMILES string of the molecule is CCCCCNS(=O)(=O)c1cccnc1NCCC. The molecule has 1 aromatic heterocycles. The first-order valence-electron chi connectivity index (χ1n) is 6.80. The van der Waals surface area contributed by atoms with Gasteiger partial charge in [-0.1, -0.05) is 26.7 Å². The average molecular weight is 285 g/mol. The average Bonchev–Trinajstić information content (AvgIpc) is 2.41. The molecule has 0 fully saturated rings. The van der Waals surface area contributed by atoms with Gasteiger partial charge in [-0.2, -0.15) is 0 Å². The minimum absolute atomic E-state index is 0.222. The molecule has 0 aliphatic heterocycles. The van der Waals surface area contributed by atoms with Crippen LogP contribution in [0.5, 0.6) is 0 Å². The first kappa shape index (κ1) is 15.9. The third-order valence-electron chi connectivity index (χ3n) is 2.68. The third kappa shape index (κ3) is 5.16. The van der Waals surface area contributed by atoms with E-state index in [0.29, 0.717) is 18.9 Å². The molecule has 2 N–H and O–H groups in total. The topological polar surface area (TPSA) is 71.1 Å². The summed E-state index contributed by atoms with van der Waals surface area (Å²) in [6.45, 7) is 5.28. The zero-order valence-electron chi connectivity index (χ0n) is 11.6. The molecule has 0 amide bonds. The summed E-state index contributed by atoms with van der Waals surface area (Å²) in [7, 11) is -3.48. The predicted molar refractivity (Wildman–Crippen MR) is 77.7 cm³/mol. The summed E-state index contributed by atoms with van der Waals surface area (Å²) >= 11 is 0. The van der Waals surface area contributed by atoms with E-state index in [1.807, 2.05) is 6.92 Å². The van der Waals surface area contributed by atoms with E-state index in [2.05, 4.69) is 21.9 Å². The highest BCUT2D eigenvalue weighted by atomic mass is 32.2. The highest BCUT2D eigenvalue weighted by Gasteiger charge is 2.18. The van der Waals surface area contributed by atoms with E-state index in [1.54, 1.807) is 18.3 Å². The summed E-state index contributed by atoms with van der Waals surface area (Å²) in [5, 5.41) is 3.04. The minimum atomic E-state index is -3.48. The number of nitrogens with one attached hydrogen (secondary N) is 2. The molecule has 5 nitrogen and oxygen atoms in total. The molecule has 1 rings (SSSR count). The Hall–Kier alpha value is -1.14. The maximum absolute atomic E-state index is 12.2. The van der Waals surface area contributed by atoms with Gasteiger partial charge in [-0.3, -0.25) is 0 Å². The molecule has 1 aromatic rings. The predicted octanol–water partition coefficient (Wildman–Crippen LogP) is 2.37. The van der Waals surface area contributed by atoms with Gasteiger partial charge in [-0.15, -0.1) is 0 Å². The van der Waals surface area contributed by atoms with Gasteiger partial charge in [-0.05, 0) is 25.0 Å². The van der Waals surface area contributed by atoms with Crippen molar-refractivity contribution in [2.75, 3.05) is 18.4 Å². The van der Waals surface area contributed by atoms with Crippen LogP contribution in [-0.4, -0.2) is 26.5 Å². The molecule has 0 unspecified atom stereocenters. The Bertz CT molecular complexity index is 475. The molecule has 0 aliphatic carbocycles. The Morgan fingerprint density at radius 3 is 2.63 bits per heavy atom. The van der Waals surface area contributed by atoms with Gasteiger partial charge >= 0.3 is 0 Å². The molecule has 0 aromatic carbocycles. The number of sulfonamides is 1. The first-order valence-corrected chi connectivity index (χ1v) is 8.28. The van der Waals surface area contributed by atoms with Crippen molar-refractivity contribution in [3.8, 4) is 0 Å². The van der Waals surface area contributed by atoms with E-state index in [9.17, 15) is 8.42 Å². The number of rotatable bonds is 9. The highest BCUT2D eigenvalue weighted by molar-refractivity contribution is 7.89. The third-order valence-corrected chi connectivity index (χ3v) is 4.17. The number of unbranched alkanes of at least 4 members (excludes halogenated alkanes) is 2. The number of hydrogen-bond acceptors (Lipinski definition) is 4. The van der Waals surface area contributed by atoms with Crippen molar-refractivity contribution in [1.82, 2.24) is 9.71 Å². The van der Waals surface area contributed by atoms with Gasteiger partial charge in [0, 0.05) is 19.3 Å². The lowest BCUT2D eigenvalue weighted by Gasteiger charge is -2.11. The molecule has 1 heterocycles. The van der Waals surface area contributed by atoms with Crippen molar-refractivity contribution in [2.24, 2.45) is 0 Å². The molecule has 6 heteroatoms. The van der Waals surface area contributed by atoms with Crippen LogP contribution >= 0.6 is 0 Å². The summed E-state index contributed by atoms with van der Waals surface area (Å²) in [6.07, 6.45) is 5.45. The molecule has 0 saturated heterocycles. The highest BCUT2D eigenvalue weighted by Crippen LogP contribution is 2.17. The summed E-state index contributed by atoms with van der Waals surface area (Å²) in [4.78, 5) is 4.32. The quantitative estimate of drug-likeness (QED) is 0.683. The first-order chi connectivity index (χ1) is 9.11. The largest absolute Gasteiger partial charge is 0.369 e. The lowest BCUT2D eigenvalue weighted by Crippen LogP contribution is -2.26. The van der Waals surface area contributed by atoms with Crippen LogP contribution in [0.15, 0.2) is 23.2 Å². The number of pyridine rings is 1. The van der Waals surface area contributed by atoms with Crippen LogP contribution in [0.1, 0.15) is 39.5 Å². The van der Waals surface area contributed by atoms with E-state index in [1.165, 1.54) is 0 Å². The van der Waals surface area contributed by atoms with Crippen molar-refractivity contribution < 1.29 is 8.42 Å². The number of aromatic nitrogens is 1. The van der Waals surface area contributed by atoms with Gasteiger partial charge in [-0.25, -0.2) is 18.1 Å². The Balaban J connectivity index is 2.76. The number of hydrogen-bond donors (Lipinski definition) is 2. The van der Waals surface area contributed by atoms with Crippen molar-refractivity contribution in [1.29, 1.82) is 0 Å². The van der Waals surface area contributed by atoms with E-state index in [4.69, 9.17) is 0 Å². The van der Waals surface area contributed by atoms with Crippen LogP contribution in [-0.2, 0) is 10.0 Å². The zero-order chi connectivity index (χ0) is 14.1. The zero-order valence-corrected chi connectivity index (χ0v) is 12.5. The Labute approximate surface area is 115 Å². The van der Waals surface area contributed by atoms with Crippen LogP contribution in [0.3, 0.4) is 0 Å². The monoisotopic (exact) mass is 285 g/mol. The lowest BCUT2D eigenvalue weighted by molar-refractivity contribution is 0.576.